The number of aromatic nitrogens is 3. The molecular formula is C15H16FN5O2S. The Morgan fingerprint density at radius 3 is 2.67 bits per heavy atom. The Kier molecular flexibility index (Phi) is 6.07. The largest absolute Gasteiger partial charge is 0.341 e. The predicted molar refractivity (Wildman–Crippen MR) is 88.9 cm³/mol. The molecule has 126 valence electrons. The summed E-state index contributed by atoms with van der Waals surface area (Å²) >= 11 is 1.14. The van der Waals surface area contributed by atoms with E-state index in [2.05, 4.69) is 27.4 Å². The summed E-state index contributed by atoms with van der Waals surface area (Å²) < 4.78 is 14.8. The van der Waals surface area contributed by atoms with Gasteiger partial charge in [0.2, 0.25) is 5.91 Å². The number of amides is 3. The van der Waals surface area contributed by atoms with Gasteiger partial charge in [-0.05, 0) is 24.3 Å². The van der Waals surface area contributed by atoms with Crippen LogP contribution in [0.1, 0.15) is 0 Å². The zero-order valence-corrected chi connectivity index (χ0v) is 13.8. The highest BCUT2D eigenvalue weighted by atomic mass is 32.2. The van der Waals surface area contributed by atoms with Crippen molar-refractivity contribution >= 4 is 23.7 Å². The summed E-state index contributed by atoms with van der Waals surface area (Å²) in [5, 5.41) is 13.1. The lowest BCUT2D eigenvalue weighted by atomic mass is 10.2. The Balaban J connectivity index is 2.16. The van der Waals surface area contributed by atoms with Crippen LogP contribution in [0.3, 0.4) is 0 Å². The van der Waals surface area contributed by atoms with Gasteiger partial charge < -0.3 is 5.32 Å². The van der Waals surface area contributed by atoms with E-state index in [9.17, 15) is 14.0 Å². The highest BCUT2D eigenvalue weighted by Gasteiger charge is 2.15. The first-order chi connectivity index (χ1) is 11.5. The second kappa shape index (κ2) is 8.25. The van der Waals surface area contributed by atoms with Crippen molar-refractivity contribution in [1.82, 2.24) is 25.4 Å². The van der Waals surface area contributed by atoms with Crippen molar-refractivity contribution < 1.29 is 14.0 Å². The molecule has 0 bridgehead atoms. The maximum Gasteiger partial charge on any atom is 0.321 e. The van der Waals surface area contributed by atoms with Crippen LogP contribution in [0.15, 0.2) is 42.1 Å². The standard InChI is InChI=1S/C15H16FN5O2S/c1-3-8-21-13(10-4-6-11(16)7-5-10)19-20-15(21)24-9-12(22)18-14(23)17-2/h3-7H,1,8-9H2,2H3,(H2,17,18,22,23). The van der Waals surface area contributed by atoms with Crippen LogP contribution in [0, 0.1) is 5.82 Å². The lowest BCUT2D eigenvalue weighted by Gasteiger charge is -2.08. The fraction of sp³-hybridized carbons (Fsp3) is 0.200. The maximum absolute atomic E-state index is 13.1. The molecule has 1 aromatic carbocycles. The molecule has 0 unspecified atom stereocenters. The first kappa shape index (κ1) is 17.7. The van der Waals surface area contributed by atoms with Crippen molar-refractivity contribution in [3.8, 4) is 11.4 Å². The van der Waals surface area contributed by atoms with Crippen LogP contribution in [-0.4, -0.2) is 39.5 Å². The molecule has 3 amide bonds. The van der Waals surface area contributed by atoms with Crippen LogP contribution in [-0.2, 0) is 11.3 Å². The van der Waals surface area contributed by atoms with Crippen LogP contribution in [0.5, 0.6) is 0 Å². The predicted octanol–water partition coefficient (Wildman–Crippen LogP) is 1.82. The molecule has 0 radical (unpaired) electrons. The second-order valence-electron chi connectivity index (χ2n) is 4.63. The molecule has 0 spiro atoms. The zero-order valence-electron chi connectivity index (χ0n) is 13.0. The number of nitrogens with one attached hydrogen (secondary N) is 2. The quantitative estimate of drug-likeness (QED) is 0.613. The molecule has 24 heavy (non-hydrogen) atoms. The van der Waals surface area contributed by atoms with E-state index in [-0.39, 0.29) is 11.6 Å². The number of allylic oxidation sites excluding steroid dienone is 1. The van der Waals surface area contributed by atoms with Gasteiger partial charge in [0.15, 0.2) is 11.0 Å². The monoisotopic (exact) mass is 349 g/mol. The van der Waals surface area contributed by atoms with Crippen LogP contribution < -0.4 is 10.6 Å². The Morgan fingerprint density at radius 1 is 1.33 bits per heavy atom. The average Bonchev–Trinajstić information content (AvgIpc) is 2.97. The molecule has 1 heterocycles. The summed E-state index contributed by atoms with van der Waals surface area (Å²) in [7, 11) is 1.42. The molecule has 9 heteroatoms. The van der Waals surface area contributed by atoms with E-state index in [1.807, 2.05) is 0 Å². The Bertz CT molecular complexity index is 745. The number of urea groups is 1. The lowest BCUT2D eigenvalue weighted by molar-refractivity contribution is -0.117. The summed E-state index contributed by atoms with van der Waals surface area (Å²) in [6.45, 7) is 4.12. The molecule has 0 saturated heterocycles. The van der Waals surface area contributed by atoms with Crippen LogP contribution in [0.4, 0.5) is 9.18 Å². The molecule has 0 fully saturated rings. The Morgan fingerprint density at radius 2 is 2.04 bits per heavy atom. The molecule has 0 atom stereocenters. The highest BCUT2D eigenvalue weighted by molar-refractivity contribution is 7.99. The first-order valence-electron chi connectivity index (χ1n) is 6.99. The minimum absolute atomic E-state index is 0.00607. The van der Waals surface area contributed by atoms with Gasteiger partial charge in [0, 0.05) is 19.2 Å². The number of thioether (sulfide) groups is 1. The number of halogens is 1. The highest BCUT2D eigenvalue weighted by Crippen LogP contribution is 2.24. The number of hydrogen-bond donors (Lipinski definition) is 2. The van der Waals surface area contributed by atoms with Crippen molar-refractivity contribution in [1.29, 1.82) is 0 Å². The van der Waals surface area contributed by atoms with Crippen LogP contribution >= 0.6 is 11.8 Å². The van der Waals surface area contributed by atoms with Gasteiger partial charge >= 0.3 is 6.03 Å². The van der Waals surface area contributed by atoms with Crippen LogP contribution in [0.25, 0.3) is 11.4 Å². The molecule has 2 N–H and O–H groups in total. The topological polar surface area (TPSA) is 88.9 Å². The van der Waals surface area contributed by atoms with Gasteiger partial charge in [-0.25, -0.2) is 9.18 Å². The number of nitrogens with zero attached hydrogens (tertiary/aromatic N) is 3. The van der Waals surface area contributed by atoms with E-state index in [4.69, 9.17) is 0 Å². The fourth-order valence-electron chi connectivity index (χ4n) is 1.86. The van der Waals surface area contributed by atoms with E-state index >= 15 is 0 Å². The third-order valence-electron chi connectivity index (χ3n) is 2.94. The molecular weight excluding hydrogens is 333 g/mol. The van der Waals surface area contributed by atoms with Gasteiger partial charge in [0.25, 0.3) is 0 Å². The van der Waals surface area contributed by atoms with Gasteiger partial charge in [-0.15, -0.1) is 16.8 Å². The van der Waals surface area contributed by atoms with Crippen molar-refractivity contribution in [2.24, 2.45) is 0 Å². The molecule has 1 aromatic heterocycles. The van der Waals surface area contributed by atoms with E-state index < -0.39 is 11.9 Å². The smallest absolute Gasteiger partial charge is 0.321 e. The van der Waals surface area contributed by atoms with Crippen molar-refractivity contribution in [3.05, 3.63) is 42.7 Å². The second-order valence-corrected chi connectivity index (χ2v) is 5.57. The van der Waals surface area contributed by atoms with Crippen molar-refractivity contribution in [2.75, 3.05) is 12.8 Å². The average molecular weight is 349 g/mol. The van der Waals surface area contributed by atoms with Gasteiger partial charge in [0.1, 0.15) is 5.82 Å². The van der Waals surface area contributed by atoms with Gasteiger partial charge in [-0.1, -0.05) is 17.8 Å². The number of carbonyl (C=O) groups is 2. The number of carbonyl (C=O) groups excluding carboxylic acids is 2. The SMILES string of the molecule is C=CCn1c(SCC(=O)NC(=O)NC)nnc1-c1ccc(F)cc1. The summed E-state index contributed by atoms with van der Waals surface area (Å²) in [4.78, 5) is 22.7. The molecule has 0 aliphatic heterocycles. The molecule has 2 rings (SSSR count). The third-order valence-corrected chi connectivity index (χ3v) is 3.91. The van der Waals surface area contributed by atoms with Crippen molar-refractivity contribution in [3.63, 3.8) is 0 Å². The molecule has 0 saturated carbocycles. The maximum atomic E-state index is 13.1. The summed E-state index contributed by atoms with van der Waals surface area (Å²) in [6.07, 6.45) is 1.67. The van der Waals surface area contributed by atoms with Gasteiger partial charge in [-0.3, -0.25) is 14.7 Å². The molecule has 7 nitrogen and oxygen atoms in total. The Labute approximate surface area is 142 Å². The van der Waals surface area contributed by atoms with Gasteiger partial charge in [0.05, 0.1) is 5.75 Å². The minimum atomic E-state index is -0.569. The number of benzene rings is 1. The van der Waals surface area contributed by atoms with Crippen LogP contribution in [0.2, 0.25) is 0 Å². The van der Waals surface area contributed by atoms with Crippen molar-refractivity contribution in [2.45, 2.75) is 11.7 Å². The van der Waals surface area contributed by atoms with E-state index in [0.29, 0.717) is 23.1 Å². The summed E-state index contributed by atoms with van der Waals surface area (Å²) in [6, 6.07) is 5.31. The zero-order chi connectivity index (χ0) is 17.5. The minimum Gasteiger partial charge on any atom is -0.341 e. The molecule has 2 aromatic rings. The first-order valence-corrected chi connectivity index (χ1v) is 7.98. The van der Waals surface area contributed by atoms with Gasteiger partial charge in [-0.2, -0.15) is 0 Å². The summed E-state index contributed by atoms with van der Waals surface area (Å²) in [5.41, 5.74) is 0.701. The number of hydrogen-bond acceptors (Lipinski definition) is 5. The lowest BCUT2D eigenvalue weighted by Crippen LogP contribution is -2.38. The fourth-order valence-corrected chi connectivity index (χ4v) is 2.60. The number of imide groups is 1. The normalized spacial score (nSPS) is 10.2. The van der Waals surface area contributed by atoms with E-state index in [0.717, 1.165) is 11.8 Å². The van der Waals surface area contributed by atoms with E-state index in [1.165, 1.54) is 19.2 Å². The summed E-state index contributed by atoms with van der Waals surface area (Å²) in [5.74, 6) is -0.236. The number of rotatable bonds is 6. The Hall–Kier alpha value is -2.68. The molecule has 0 aliphatic rings. The third kappa shape index (κ3) is 4.42. The molecule has 0 aliphatic carbocycles. The van der Waals surface area contributed by atoms with E-state index in [1.54, 1.807) is 22.8 Å².